The Morgan fingerprint density at radius 1 is 0.778 bits per heavy atom. The van der Waals surface area contributed by atoms with E-state index in [2.05, 4.69) is 20.9 Å². The first-order valence-electron chi connectivity index (χ1n) is 11.0. The zero-order chi connectivity index (χ0) is 26.1. The van der Waals surface area contributed by atoms with Crippen LogP contribution in [0.5, 0.6) is 28.7 Å². The molecule has 0 saturated carbocycles. The molecule has 188 valence electrons. The van der Waals surface area contributed by atoms with Gasteiger partial charge < -0.3 is 23.7 Å². The van der Waals surface area contributed by atoms with Gasteiger partial charge in [0.15, 0.2) is 23.0 Å². The van der Waals surface area contributed by atoms with E-state index < -0.39 is 0 Å². The molecule has 8 heteroatoms. The molecule has 0 fully saturated rings. The molecule has 3 rings (SSSR count). The summed E-state index contributed by atoms with van der Waals surface area (Å²) in [7, 11) is 7.84. The van der Waals surface area contributed by atoms with Gasteiger partial charge in [-0.25, -0.2) is 0 Å². The number of benzene rings is 3. The molecule has 0 amide bonds. The Morgan fingerprint density at radius 2 is 1.36 bits per heavy atom. The van der Waals surface area contributed by atoms with Gasteiger partial charge in [-0.2, -0.15) is 0 Å². The Balaban J connectivity index is 1.87. The molecule has 0 spiro atoms. The van der Waals surface area contributed by atoms with E-state index >= 15 is 0 Å². The molecule has 3 aromatic rings. The molecule has 0 bridgehead atoms. The number of para-hydroxylation sites is 1. The van der Waals surface area contributed by atoms with Crippen molar-refractivity contribution < 1.29 is 28.5 Å². The number of carbonyl (C=O) groups excluding carboxylic acids is 1. The highest BCUT2D eigenvalue weighted by atomic mass is 79.9. The molecule has 0 heterocycles. The number of rotatable bonds is 11. The Bertz CT molecular complexity index is 1260. The molecule has 0 atom stereocenters. The van der Waals surface area contributed by atoms with E-state index in [1.807, 2.05) is 42.5 Å². The lowest BCUT2D eigenvalue weighted by atomic mass is 10.1. The van der Waals surface area contributed by atoms with Crippen LogP contribution in [0, 0.1) is 0 Å². The Morgan fingerprint density at radius 3 is 1.94 bits per heavy atom. The summed E-state index contributed by atoms with van der Waals surface area (Å²) in [5.74, 6) is 2.68. The second-order valence-electron chi connectivity index (χ2n) is 7.49. The fourth-order valence-electron chi connectivity index (χ4n) is 3.60. The highest BCUT2D eigenvalue weighted by Gasteiger charge is 2.13. The summed E-state index contributed by atoms with van der Waals surface area (Å²) in [6, 6.07) is 14.6. The predicted molar refractivity (Wildman–Crippen MR) is 146 cm³/mol. The standard InChI is InChI=1S/C28H28BrNO6/c1-32-24-9-7-6-8-20(24)23(31)12-13-30-22-15-18(14-21(29)27(22)35-4)10-11-19-16-25(33-2)28(36-5)26(17-19)34-3/h6-11,13-17H,12H2,1-5H3/b11-10-,30-13?. The molecule has 0 aromatic heterocycles. The number of hydrogen-bond donors (Lipinski definition) is 0. The zero-order valence-electron chi connectivity index (χ0n) is 20.8. The number of halogens is 1. The summed E-state index contributed by atoms with van der Waals surface area (Å²) in [4.78, 5) is 17.2. The van der Waals surface area contributed by atoms with Crippen LogP contribution in [-0.4, -0.2) is 47.5 Å². The number of nitrogens with zero attached hydrogens (tertiary/aromatic N) is 1. The highest BCUT2D eigenvalue weighted by molar-refractivity contribution is 9.10. The lowest BCUT2D eigenvalue weighted by Gasteiger charge is -2.13. The summed E-state index contributed by atoms with van der Waals surface area (Å²) in [5.41, 5.74) is 2.84. The first-order valence-corrected chi connectivity index (χ1v) is 11.8. The van der Waals surface area contributed by atoms with Crippen LogP contribution in [0.1, 0.15) is 27.9 Å². The molecule has 7 nitrogen and oxygen atoms in total. The van der Waals surface area contributed by atoms with E-state index in [0.29, 0.717) is 40.0 Å². The highest BCUT2D eigenvalue weighted by Crippen LogP contribution is 2.40. The molecule has 36 heavy (non-hydrogen) atoms. The van der Waals surface area contributed by atoms with Crippen LogP contribution in [0.3, 0.4) is 0 Å². The van der Waals surface area contributed by atoms with E-state index in [9.17, 15) is 4.79 Å². The fourth-order valence-corrected chi connectivity index (χ4v) is 4.22. The van der Waals surface area contributed by atoms with E-state index in [-0.39, 0.29) is 12.2 Å². The van der Waals surface area contributed by atoms with Gasteiger partial charge in [-0.15, -0.1) is 0 Å². The van der Waals surface area contributed by atoms with Crippen LogP contribution in [0.25, 0.3) is 12.2 Å². The van der Waals surface area contributed by atoms with Crippen LogP contribution < -0.4 is 23.7 Å². The van der Waals surface area contributed by atoms with Crippen LogP contribution in [-0.2, 0) is 0 Å². The second-order valence-corrected chi connectivity index (χ2v) is 8.34. The van der Waals surface area contributed by atoms with Gasteiger partial charge in [-0.3, -0.25) is 9.79 Å². The molecule has 3 aromatic carbocycles. The molecule has 0 saturated heterocycles. The smallest absolute Gasteiger partial charge is 0.203 e. The normalized spacial score (nSPS) is 11.1. The third-order valence-corrected chi connectivity index (χ3v) is 5.91. The molecule has 0 radical (unpaired) electrons. The van der Waals surface area contributed by atoms with E-state index in [1.165, 1.54) is 0 Å². The Kier molecular flexibility index (Phi) is 9.53. The van der Waals surface area contributed by atoms with Crippen molar-refractivity contribution in [1.29, 1.82) is 0 Å². The molecular formula is C28H28BrNO6. The fraction of sp³-hybridized carbons (Fsp3) is 0.214. The van der Waals surface area contributed by atoms with Crippen molar-refractivity contribution >= 4 is 45.8 Å². The number of methoxy groups -OCH3 is 5. The van der Waals surface area contributed by atoms with Gasteiger partial charge in [0.2, 0.25) is 5.75 Å². The zero-order valence-corrected chi connectivity index (χ0v) is 22.4. The molecule has 0 aliphatic heterocycles. The van der Waals surface area contributed by atoms with Gasteiger partial charge in [0.1, 0.15) is 11.4 Å². The topological polar surface area (TPSA) is 75.6 Å². The van der Waals surface area contributed by atoms with Crippen LogP contribution >= 0.6 is 15.9 Å². The summed E-state index contributed by atoms with van der Waals surface area (Å²) < 4.78 is 27.8. The van der Waals surface area contributed by atoms with Gasteiger partial charge >= 0.3 is 0 Å². The van der Waals surface area contributed by atoms with Crippen molar-refractivity contribution in [2.24, 2.45) is 4.99 Å². The van der Waals surface area contributed by atoms with Gasteiger partial charge in [0.25, 0.3) is 0 Å². The Hall–Kier alpha value is -3.78. The quantitative estimate of drug-likeness (QED) is 0.150. The van der Waals surface area contributed by atoms with Crippen molar-refractivity contribution in [2.45, 2.75) is 6.42 Å². The molecule has 0 N–H and O–H groups in total. The maximum atomic E-state index is 12.7. The number of ketones is 1. The summed E-state index contributed by atoms with van der Waals surface area (Å²) in [6.45, 7) is 0. The SMILES string of the molecule is COc1ccccc1C(=O)CC=Nc1cc(/C=C\c2cc(OC)c(OC)c(OC)c2)cc(Br)c1OC. The van der Waals surface area contributed by atoms with Gasteiger partial charge in [0, 0.05) is 12.6 Å². The van der Waals surface area contributed by atoms with Crippen LogP contribution in [0.2, 0.25) is 0 Å². The van der Waals surface area contributed by atoms with Crippen molar-refractivity contribution in [3.8, 4) is 28.7 Å². The monoisotopic (exact) mass is 553 g/mol. The maximum Gasteiger partial charge on any atom is 0.203 e. The largest absolute Gasteiger partial charge is 0.496 e. The molecule has 0 unspecified atom stereocenters. The van der Waals surface area contributed by atoms with Gasteiger partial charge in [-0.1, -0.05) is 24.3 Å². The second kappa shape index (κ2) is 12.8. The van der Waals surface area contributed by atoms with Gasteiger partial charge in [0.05, 0.1) is 45.6 Å². The third kappa shape index (κ3) is 6.26. The number of hydrogen-bond acceptors (Lipinski definition) is 7. The molecule has 0 aliphatic carbocycles. The minimum atomic E-state index is -0.0901. The van der Waals surface area contributed by atoms with Gasteiger partial charge in [-0.05, 0) is 63.5 Å². The lowest BCUT2D eigenvalue weighted by molar-refractivity contribution is 0.0998. The number of carbonyl (C=O) groups is 1. The van der Waals surface area contributed by atoms with Crippen molar-refractivity contribution in [3.05, 3.63) is 69.7 Å². The minimum Gasteiger partial charge on any atom is -0.496 e. The summed E-state index contributed by atoms with van der Waals surface area (Å²) >= 11 is 3.55. The number of ether oxygens (including phenoxy) is 5. The Labute approximate surface area is 219 Å². The molecular weight excluding hydrogens is 526 g/mol. The number of Topliss-reactive ketones (excluding diaryl/α,β-unsaturated/α-hetero) is 1. The van der Waals surface area contributed by atoms with E-state index in [1.54, 1.807) is 60.0 Å². The van der Waals surface area contributed by atoms with Crippen molar-refractivity contribution in [3.63, 3.8) is 0 Å². The lowest BCUT2D eigenvalue weighted by Crippen LogP contribution is -2.02. The van der Waals surface area contributed by atoms with E-state index in [4.69, 9.17) is 23.7 Å². The van der Waals surface area contributed by atoms with Crippen LogP contribution in [0.15, 0.2) is 58.0 Å². The minimum absolute atomic E-state index is 0.0901. The summed E-state index contributed by atoms with van der Waals surface area (Å²) in [5, 5.41) is 0. The summed E-state index contributed by atoms with van der Waals surface area (Å²) in [6.07, 6.45) is 5.56. The number of aliphatic imine (C=N–C) groups is 1. The third-order valence-electron chi connectivity index (χ3n) is 5.32. The van der Waals surface area contributed by atoms with Crippen LogP contribution in [0.4, 0.5) is 5.69 Å². The van der Waals surface area contributed by atoms with Crippen molar-refractivity contribution in [2.75, 3.05) is 35.5 Å². The first-order chi connectivity index (χ1) is 17.4. The average molecular weight is 554 g/mol. The van der Waals surface area contributed by atoms with Crippen molar-refractivity contribution in [1.82, 2.24) is 0 Å². The first kappa shape index (κ1) is 26.8. The predicted octanol–water partition coefficient (Wildman–Crippen LogP) is 6.64. The average Bonchev–Trinajstić information content (AvgIpc) is 2.90. The molecule has 0 aliphatic rings. The maximum absolute atomic E-state index is 12.7. The van der Waals surface area contributed by atoms with E-state index in [0.717, 1.165) is 15.6 Å².